The van der Waals surface area contributed by atoms with E-state index in [1.165, 1.54) is 20.8 Å². The molecule has 2 fully saturated rings. The molecule has 1 heterocycles. The third kappa shape index (κ3) is 2.78. The number of hydrogen-bond acceptors (Lipinski definition) is 7. The van der Waals surface area contributed by atoms with Crippen LogP contribution in [0.4, 0.5) is 26.3 Å². The van der Waals surface area contributed by atoms with E-state index in [9.17, 15) is 48.9 Å². The zero-order valence-corrected chi connectivity index (χ0v) is 15.5. The lowest BCUT2D eigenvalue weighted by molar-refractivity contribution is -0.364. The summed E-state index contributed by atoms with van der Waals surface area (Å²) in [5.41, 5.74) is -11.0. The molecule has 1 saturated heterocycles. The van der Waals surface area contributed by atoms with E-state index in [0.29, 0.717) is 0 Å². The van der Waals surface area contributed by atoms with E-state index in [4.69, 9.17) is 4.74 Å². The van der Waals surface area contributed by atoms with Crippen LogP contribution in [0.3, 0.4) is 0 Å². The average Bonchev–Trinajstić information content (AvgIpc) is 2.73. The zero-order chi connectivity index (χ0) is 22.2. The van der Waals surface area contributed by atoms with Crippen LogP contribution in [0.2, 0.25) is 0 Å². The highest BCUT2D eigenvalue weighted by atomic mass is 32.2. The Balaban J connectivity index is 2.60. The van der Waals surface area contributed by atoms with Crippen molar-refractivity contribution in [3.63, 3.8) is 0 Å². The van der Waals surface area contributed by atoms with Crippen LogP contribution in [0.5, 0.6) is 0 Å². The first-order valence-electron chi connectivity index (χ1n) is 7.71. The van der Waals surface area contributed by atoms with Crippen molar-refractivity contribution in [1.82, 2.24) is 0 Å². The Labute approximate surface area is 155 Å². The van der Waals surface area contributed by atoms with Gasteiger partial charge in [0.15, 0.2) is 0 Å². The van der Waals surface area contributed by atoms with Crippen molar-refractivity contribution in [2.24, 2.45) is 10.8 Å². The molecule has 0 aromatic rings. The predicted molar refractivity (Wildman–Crippen MR) is 75.4 cm³/mol. The lowest BCUT2D eigenvalue weighted by Crippen LogP contribution is -2.65. The molecule has 2 bridgehead atoms. The van der Waals surface area contributed by atoms with Gasteiger partial charge in [0.2, 0.25) is 5.60 Å². The highest BCUT2D eigenvalue weighted by molar-refractivity contribution is 7.85. The molecular formula is C14H15F6O7S-. The van der Waals surface area contributed by atoms with E-state index in [-0.39, 0.29) is 6.42 Å². The Morgan fingerprint density at radius 2 is 1.57 bits per heavy atom. The molecule has 14 heteroatoms. The summed E-state index contributed by atoms with van der Waals surface area (Å²) in [5, 5.41) is 0. The van der Waals surface area contributed by atoms with Crippen LogP contribution in [-0.2, 0) is 29.2 Å². The summed E-state index contributed by atoms with van der Waals surface area (Å²) < 4.78 is 121. The van der Waals surface area contributed by atoms with Crippen molar-refractivity contribution in [2.75, 3.05) is 5.75 Å². The fraction of sp³-hybridized carbons (Fsp3) is 0.857. The van der Waals surface area contributed by atoms with Gasteiger partial charge >= 0.3 is 29.9 Å². The predicted octanol–water partition coefficient (Wildman–Crippen LogP) is 2.06. The van der Waals surface area contributed by atoms with Gasteiger partial charge in [0.1, 0.15) is 0 Å². The fourth-order valence-electron chi connectivity index (χ4n) is 3.66. The second-order valence-corrected chi connectivity index (χ2v) is 8.99. The minimum atomic E-state index is -6.50. The van der Waals surface area contributed by atoms with E-state index >= 15 is 0 Å². The Kier molecular flexibility index (Phi) is 4.66. The molecule has 28 heavy (non-hydrogen) atoms. The number of carbonyl (C=O) groups excluding carboxylic acids is 2. The zero-order valence-electron chi connectivity index (χ0n) is 14.7. The van der Waals surface area contributed by atoms with Crippen LogP contribution in [-0.4, -0.2) is 54.2 Å². The van der Waals surface area contributed by atoms with Crippen molar-refractivity contribution >= 4 is 22.1 Å². The van der Waals surface area contributed by atoms with Crippen molar-refractivity contribution in [3.05, 3.63) is 0 Å². The first kappa shape index (κ1) is 22.7. The number of halogens is 6. The molecule has 0 aromatic heterocycles. The summed E-state index contributed by atoms with van der Waals surface area (Å²) in [6.07, 6.45) is -13.5. The van der Waals surface area contributed by atoms with Gasteiger partial charge in [-0.15, -0.1) is 0 Å². The molecule has 0 radical (unpaired) electrons. The maximum atomic E-state index is 13.3. The van der Waals surface area contributed by atoms with Gasteiger partial charge in [0.25, 0.3) is 0 Å². The number of hydrogen-bond donors (Lipinski definition) is 0. The Morgan fingerprint density at radius 1 is 1.11 bits per heavy atom. The normalized spacial score (nSPS) is 30.3. The SMILES string of the molecule is CC12CCC(C(=O)OC(CS(=O)(=O)[O-])(C(F)(F)F)C(F)(F)F)(OC1=O)C2(C)C. The maximum Gasteiger partial charge on any atom is 0.438 e. The van der Waals surface area contributed by atoms with Gasteiger partial charge in [-0.2, -0.15) is 26.3 Å². The van der Waals surface area contributed by atoms with Crippen molar-refractivity contribution in [1.29, 1.82) is 0 Å². The van der Waals surface area contributed by atoms with E-state index in [1.54, 1.807) is 0 Å². The second kappa shape index (κ2) is 5.74. The fourth-order valence-corrected chi connectivity index (χ4v) is 4.55. The Hall–Kier alpha value is -1.57. The highest BCUT2D eigenvalue weighted by Gasteiger charge is 2.80. The quantitative estimate of drug-likeness (QED) is 0.373. The van der Waals surface area contributed by atoms with Crippen LogP contribution in [0.25, 0.3) is 0 Å². The van der Waals surface area contributed by atoms with Crippen LogP contribution in [0.1, 0.15) is 33.6 Å². The molecule has 2 aliphatic rings. The average molecular weight is 441 g/mol. The van der Waals surface area contributed by atoms with Crippen LogP contribution in [0.15, 0.2) is 0 Å². The number of rotatable bonds is 4. The molecule has 1 saturated carbocycles. The number of alkyl halides is 6. The molecule has 0 aromatic carbocycles. The standard InChI is InChI=1S/C14H16F6O7S/c1-9(2)10(3)4-5-11(9,26-7(10)21)8(22)27-12(13(15,16)17,14(18,19)20)6-28(23,24)25/h4-6H2,1-3H3,(H,23,24,25)/p-1. The molecule has 0 amide bonds. The van der Waals surface area contributed by atoms with Gasteiger partial charge in [-0.3, -0.25) is 4.79 Å². The molecule has 2 unspecified atom stereocenters. The topological polar surface area (TPSA) is 110 Å². The molecule has 1 aliphatic carbocycles. The van der Waals surface area contributed by atoms with Gasteiger partial charge in [0, 0.05) is 5.41 Å². The van der Waals surface area contributed by atoms with Gasteiger partial charge < -0.3 is 14.0 Å². The lowest BCUT2D eigenvalue weighted by Gasteiger charge is -2.41. The van der Waals surface area contributed by atoms with Gasteiger partial charge in [0.05, 0.1) is 21.3 Å². The molecule has 2 atom stereocenters. The monoisotopic (exact) mass is 441 g/mol. The van der Waals surface area contributed by atoms with E-state index < -0.39 is 68.6 Å². The van der Waals surface area contributed by atoms with Crippen LogP contribution < -0.4 is 0 Å². The van der Waals surface area contributed by atoms with E-state index in [2.05, 4.69) is 4.74 Å². The smallest absolute Gasteiger partial charge is 0.438 e. The molecule has 2 rings (SSSR count). The first-order valence-corrected chi connectivity index (χ1v) is 9.29. The third-order valence-corrected chi connectivity index (χ3v) is 6.74. The molecule has 7 nitrogen and oxygen atoms in total. The highest BCUT2D eigenvalue weighted by Crippen LogP contribution is 2.66. The summed E-state index contributed by atoms with van der Waals surface area (Å²) in [4.78, 5) is 24.6. The van der Waals surface area contributed by atoms with Gasteiger partial charge in [-0.05, 0) is 19.8 Å². The number of ether oxygens (including phenoxy) is 2. The van der Waals surface area contributed by atoms with Crippen molar-refractivity contribution in [2.45, 2.75) is 57.2 Å². The molecule has 0 spiro atoms. The number of esters is 2. The summed E-state index contributed by atoms with van der Waals surface area (Å²) in [7, 11) is -6.16. The Bertz CT molecular complexity index is 801. The maximum absolute atomic E-state index is 13.3. The molecular weight excluding hydrogens is 426 g/mol. The summed E-state index contributed by atoms with van der Waals surface area (Å²) >= 11 is 0. The minimum Gasteiger partial charge on any atom is -0.748 e. The van der Waals surface area contributed by atoms with Crippen LogP contribution >= 0.6 is 0 Å². The molecule has 1 aliphatic heterocycles. The van der Waals surface area contributed by atoms with Gasteiger partial charge in [-0.1, -0.05) is 13.8 Å². The minimum absolute atomic E-state index is 0.0845. The molecule has 162 valence electrons. The summed E-state index contributed by atoms with van der Waals surface area (Å²) in [5.74, 6) is -6.34. The van der Waals surface area contributed by atoms with Crippen molar-refractivity contribution < 1.29 is 58.4 Å². The summed E-state index contributed by atoms with van der Waals surface area (Å²) in [6.45, 7) is 3.80. The van der Waals surface area contributed by atoms with E-state index in [1.807, 2.05) is 0 Å². The summed E-state index contributed by atoms with van der Waals surface area (Å²) in [6, 6.07) is 0. The van der Waals surface area contributed by atoms with Gasteiger partial charge in [-0.25, -0.2) is 13.2 Å². The largest absolute Gasteiger partial charge is 0.748 e. The Morgan fingerprint density at radius 3 is 1.86 bits per heavy atom. The number of carbonyl (C=O) groups is 2. The number of fused-ring (bicyclic) bond motifs is 2. The first-order chi connectivity index (χ1) is 12.2. The van der Waals surface area contributed by atoms with E-state index in [0.717, 1.165) is 0 Å². The second-order valence-electron chi connectivity index (χ2n) is 7.59. The molecule has 0 N–H and O–H groups in total. The van der Waals surface area contributed by atoms with Crippen molar-refractivity contribution in [3.8, 4) is 0 Å². The third-order valence-electron chi connectivity index (χ3n) is 5.98. The van der Waals surface area contributed by atoms with Crippen LogP contribution in [0, 0.1) is 10.8 Å². The lowest BCUT2D eigenvalue weighted by atomic mass is 9.66.